The highest BCUT2D eigenvalue weighted by Crippen LogP contribution is 2.33. The van der Waals surface area contributed by atoms with E-state index in [2.05, 4.69) is 73.9 Å². The van der Waals surface area contributed by atoms with Gasteiger partial charge in [0.15, 0.2) is 0 Å². The summed E-state index contributed by atoms with van der Waals surface area (Å²) in [6, 6.07) is 22.7. The predicted molar refractivity (Wildman–Crippen MR) is 137 cm³/mol. The molecule has 0 radical (unpaired) electrons. The third-order valence-electron chi connectivity index (χ3n) is 6.80. The van der Waals surface area contributed by atoms with Crippen LogP contribution in [0.15, 0.2) is 66.7 Å². The van der Waals surface area contributed by atoms with Crippen LogP contribution < -0.4 is 9.64 Å². The van der Waals surface area contributed by atoms with E-state index in [9.17, 15) is 4.79 Å². The number of fused-ring (bicyclic) bond motifs is 1. The molecule has 1 fully saturated rings. The number of rotatable bonds is 7. The van der Waals surface area contributed by atoms with E-state index in [4.69, 9.17) is 9.72 Å². The Kier molecular flexibility index (Phi) is 6.10. The molecule has 1 aromatic heterocycles. The van der Waals surface area contributed by atoms with Crippen molar-refractivity contribution in [3.8, 4) is 5.75 Å². The van der Waals surface area contributed by atoms with Gasteiger partial charge in [0.05, 0.1) is 17.6 Å². The number of para-hydroxylation sites is 3. The van der Waals surface area contributed by atoms with E-state index in [-0.39, 0.29) is 11.8 Å². The number of anilines is 1. The average molecular weight is 454 g/mol. The first kappa shape index (κ1) is 22.2. The van der Waals surface area contributed by atoms with Crippen molar-refractivity contribution in [3.63, 3.8) is 0 Å². The molecule has 3 aromatic carbocycles. The number of carbonyl (C=O) groups is 1. The first-order valence-corrected chi connectivity index (χ1v) is 12.1. The third kappa shape index (κ3) is 4.18. The molecule has 1 atom stereocenters. The Balaban J connectivity index is 1.40. The summed E-state index contributed by atoms with van der Waals surface area (Å²) >= 11 is 0. The summed E-state index contributed by atoms with van der Waals surface area (Å²) in [5.41, 5.74) is 6.57. The maximum Gasteiger partial charge on any atom is 0.227 e. The zero-order valence-corrected chi connectivity index (χ0v) is 20.1. The van der Waals surface area contributed by atoms with Crippen molar-refractivity contribution in [2.45, 2.75) is 46.1 Å². The molecule has 4 aromatic rings. The quantitative estimate of drug-likeness (QED) is 0.354. The lowest BCUT2D eigenvalue weighted by atomic mass is 10.1. The first-order valence-electron chi connectivity index (χ1n) is 12.1. The smallest absolute Gasteiger partial charge is 0.227 e. The van der Waals surface area contributed by atoms with Crippen molar-refractivity contribution in [2.24, 2.45) is 0 Å². The van der Waals surface area contributed by atoms with Gasteiger partial charge in [-0.3, -0.25) is 4.79 Å². The van der Waals surface area contributed by atoms with Gasteiger partial charge in [-0.2, -0.15) is 0 Å². The standard InChI is InChI=1S/C29H31N3O2/c1-4-22-12-14-24(15-13-22)32-19-23(18-27(32)33)29-30-25-10-5-6-11-26(25)31(29)16-17-34-28-20(2)8-7-9-21(28)3/h5-15,23H,4,16-19H2,1-3H3. The Morgan fingerprint density at radius 2 is 1.71 bits per heavy atom. The monoisotopic (exact) mass is 453 g/mol. The van der Waals surface area contributed by atoms with Crippen LogP contribution in [0.1, 0.15) is 41.8 Å². The number of ether oxygens (including phenoxy) is 1. The molecule has 174 valence electrons. The first-order chi connectivity index (χ1) is 16.5. The minimum absolute atomic E-state index is 0.0472. The molecule has 1 amide bonds. The number of carbonyl (C=O) groups excluding carboxylic acids is 1. The van der Waals surface area contributed by atoms with E-state index < -0.39 is 0 Å². The van der Waals surface area contributed by atoms with Crippen molar-refractivity contribution in [1.82, 2.24) is 9.55 Å². The number of aromatic nitrogens is 2. The number of benzene rings is 3. The molecular weight excluding hydrogens is 422 g/mol. The van der Waals surface area contributed by atoms with Crippen LogP contribution in [0.5, 0.6) is 5.75 Å². The van der Waals surface area contributed by atoms with Crippen LogP contribution in [0.4, 0.5) is 5.69 Å². The summed E-state index contributed by atoms with van der Waals surface area (Å²) in [5, 5.41) is 0. The molecule has 0 N–H and O–H groups in total. The topological polar surface area (TPSA) is 47.4 Å². The molecular formula is C29H31N3O2. The van der Waals surface area contributed by atoms with Crippen molar-refractivity contribution in [3.05, 3.63) is 89.2 Å². The second-order valence-electron chi connectivity index (χ2n) is 9.11. The Labute approximate surface area is 201 Å². The fourth-order valence-corrected chi connectivity index (χ4v) is 4.95. The lowest BCUT2D eigenvalue weighted by molar-refractivity contribution is -0.117. The van der Waals surface area contributed by atoms with Gasteiger partial charge in [-0.05, 0) is 61.2 Å². The van der Waals surface area contributed by atoms with Crippen molar-refractivity contribution >= 4 is 22.6 Å². The highest BCUT2D eigenvalue weighted by Gasteiger charge is 2.34. The maximum absolute atomic E-state index is 13.0. The highest BCUT2D eigenvalue weighted by molar-refractivity contribution is 5.96. The molecule has 1 saturated heterocycles. The van der Waals surface area contributed by atoms with Crippen LogP contribution in [0.2, 0.25) is 0 Å². The Bertz CT molecular complexity index is 1300. The van der Waals surface area contributed by atoms with Gasteiger partial charge in [-0.15, -0.1) is 0 Å². The molecule has 0 bridgehead atoms. The molecule has 0 spiro atoms. The van der Waals surface area contributed by atoms with E-state index in [1.807, 2.05) is 23.1 Å². The molecule has 1 aliphatic rings. The summed E-state index contributed by atoms with van der Waals surface area (Å²) < 4.78 is 8.46. The molecule has 5 nitrogen and oxygen atoms in total. The van der Waals surface area contributed by atoms with Gasteiger partial charge in [-0.25, -0.2) is 4.98 Å². The third-order valence-corrected chi connectivity index (χ3v) is 6.80. The Hall–Kier alpha value is -3.60. The number of imidazole rings is 1. The molecule has 1 unspecified atom stereocenters. The fourth-order valence-electron chi connectivity index (χ4n) is 4.95. The van der Waals surface area contributed by atoms with E-state index in [1.54, 1.807) is 0 Å². The molecule has 0 saturated carbocycles. The predicted octanol–water partition coefficient (Wildman–Crippen LogP) is 5.82. The summed E-state index contributed by atoms with van der Waals surface area (Å²) in [5.74, 6) is 2.11. The highest BCUT2D eigenvalue weighted by atomic mass is 16.5. The lowest BCUT2D eigenvalue weighted by Gasteiger charge is -2.18. The van der Waals surface area contributed by atoms with Crippen LogP contribution in [0.3, 0.4) is 0 Å². The van der Waals surface area contributed by atoms with Gasteiger partial charge in [0, 0.05) is 24.6 Å². The zero-order chi connectivity index (χ0) is 23.7. The number of amides is 1. The number of aryl methyl sites for hydroxylation is 3. The molecule has 5 heteroatoms. The van der Waals surface area contributed by atoms with E-state index in [1.165, 1.54) is 5.56 Å². The van der Waals surface area contributed by atoms with Gasteiger partial charge >= 0.3 is 0 Å². The van der Waals surface area contributed by atoms with Gasteiger partial charge in [0.1, 0.15) is 18.2 Å². The van der Waals surface area contributed by atoms with Crippen LogP contribution in [0.25, 0.3) is 11.0 Å². The zero-order valence-electron chi connectivity index (χ0n) is 20.1. The minimum atomic E-state index is 0.0472. The van der Waals surface area contributed by atoms with E-state index in [0.29, 0.717) is 26.1 Å². The van der Waals surface area contributed by atoms with Crippen molar-refractivity contribution in [1.29, 1.82) is 0 Å². The fraction of sp³-hybridized carbons (Fsp3) is 0.310. The normalized spacial score (nSPS) is 15.9. The molecule has 5 rings (SSSR count). The van der Waals surface area contributed by atoms with E-state index >= 15 is 0 Å². The second kappa shape index (κ2) is 9.34. The molecule has 2 heterocycles. The maximum atomic E-state index is 13.0. The molecule has 1 aliphatic heterocycles. The summed E-state index contributed by atoms with van der Waals surface area (Å²) in [6.45, 7) is 8.16. The Morgan fingerprint density at radius 3 is 2.44 bits per heavy atom. The minimum Gasteiger partial charge on any atom is -0.491 e. The lowest BCUT2D eigenvalue weighted by Crippen LogP contribution is -2.24. The van der Waals surface area contributed by atoms with Crippen LogP contribution in [-0.4, -0.2) is 28.6 Å². The molecule has 0 aliphatic carbocycles. The summed E-state index contributed by atoms with van der Waals surface area (Å²) in [7, 11) is 0. The number of hydrogen-bond donors (Lipinski definition) is 0. The van der Waals surface area contributed by atoms with Crippen LogP contribution in [0, 0.1) is 13.8 Å². The van der Waals surface area contributed by atoms with Crippen LogP contribution >= 0.6 is 0 Å². The van der Waals surface area contributed by atoms with Gasteiger partial charge in [-0.1, -0.05) is 49.4 Å². The summed E-state index contributed by atoms with van der Waals surface area (Å²) in [4.78, 5) is 19.9. The summed E-state index contributed by atoms with van der Waals surface area (Å²) in [6.07, 6.45) is 1.46. The average Bonchev–Trinajstić information content (AvgIpc) is 3.41. The van der Waals surface area contributed by atoms with Crippen molar-refractivity contribution < 1.29 is 9.53 Å². The van der Waals surface area contributed by atoms with E-state index in [0.717, 1.165) is 45.8 Å². The van der Waals surface area contributed by atoms with Gasteiger partial charge in [0.25, 0.3) is 0 Å². The number of nitrogens with zero attached hydrogens (tertiary/aromatic N) is 3. The van der Waals surface area contributed by atoms with Gasteiger partial charge < -0.3 is 14.2 Å². The Morgan fingerprint density at radius 1 is 0.971 bits per heavy atom. The largest absolute Gasteiger partial charge is 0.491 e. The van der Waals surface area contributed by atoms with Gasteiger partial charge in [0.2, 0.25) is 5.91 Å². The van der Waals surface area contributed by atoms with Crippen molar-refractivity contribution in [2.75, 3.05) is 18.1 Å². The number of hydrogen-bond acceptors (Lipinski definition) is 3. The second-order valence-corrected chi connectivity index (χ2v) is 9.11. The molecule has 34 heavy (non-hydrogen) atoms. The SMILES string of the molecule is CCc1ccc(N2CC(c3nc4ccccc4n3CCOc3c(C)cccc3C)CC2=O)cc1. The van der Waals surface area contributed by atoms with Crippen LogP contribution in [-0.2, 0) is 17.8 Å².